The molecule has 2 rings (SSSR count). The van der Waals surface area contributed by atoms with Crippen LogP contribution < -0.4 is 38.4 Å². The van der Waals surface area contributed by atoms with Crippen molar-refractivity contribution in [2.45, 2.75) is 139 Å². The Morgan fingerprint density at radius 3 is 1.39 bits per heavy atom. The van der Waals surface area contributed by atoms with Gasteiger partial charge in [0, 0.05) is 17.7 Å². The Hall–Kier alpha value is -1.46. The van der Waals surface area contributed by atoms with Gasteiger partial charge in [0.2, 0.25) is 0 Å². The van der Waals surface area contributed by atoms with Gasteiger partial charge in [-0.15, -0.1) is 0 Å². The van der Waals surface area contributed by atoms with E-state index in [1.807, 2.05) is 26.0 Å². The minimum atomic E-state index is -0.0977. The summed E-state index contributed by atoms with van der Waals surface area (Å²) in [7, 11) is -0.0977. The number of hydrogen-bond donors (Lipinski definition) is 0. The molecule has 0 saturated heterocycles. The van der Waals surface area contributed by atoms with Gasteiger partial charge in [-0.1, -0.05) is 117 Å². The van der Waals surface area contributed by atoms with Gasteiger partial charge >= 0.3 is 18.9 Å². The third kappa shape index (κ3) is 14.3. The van der Waals surface area contributed by atoms with E-state index in [9.17, 15) is 4.79 Å². The summed E-state index contributed by atoms with van der Waals surface area (Å²) in [4.78, 5) is 14.1. The molecule has 0 fully saturated rings. The van der Waals surface area contributed by atoms with Gasteiger partial charge in [0.1, 0.15) is 17.2 Å². The molecule has 4 unspecified atom stereocenters. The zero-order chi connectivity index (χ0) is 33.2. The van der Waals surface area contributed by atoms with Crippen molar-refractivity contribution >= 4 is 19.4 Å². The second-order valence-electron chi connectivity index (χ2n) is 13.2. The van der Waals surface area contributed by atoms with E-state index >= 15 is 0 Å². The van der Waals surface area contributed by atoms with Crippen LogP contribution in [-0.2, 0) is 0 Å². The minimum Gasteiger partial charge on any atom is -0.493 e. The normalized spacial score (nSPS) is 13.3. The molecule has 0 heterocycles. The van der Waals surface area contributed by atoms with Gasteiger partial charge in [0.15, 0.2) is 5.52 Å². The van der Waals surface area contributed by atoms with Crippen LogP contribution in [0.15, 0.2) is 24.3 Å². The smallest absolute Gasteiger partial charge is 0.493 e. The van der Waals surface area contributed by atoms with Crippen LogP contribution >= 0.6 is 8.58 Å². The number of carbonyl (C=O) groups is 1. The van der Waals surface area contributed by atoms with Crippen LogP contribution in [0.3, 0.4) is 0 Å². The van der Waals surface area contributed by atoms with Gasteiger partial charge in [0.05, 0.1) is 25.1 Å². The standard InChI is InChI=1S/C40H65O4P.Li/c1-10-16-19-32(13-4)26-42-35-24-36(43-27-33(14-5)20-17-11-2)39(37(25-35)44-28-34(15-6)21-18-12-3)45-40(41)38-30(8)22-29(7)23-31(38)9;/h22-25,32-34,45H,10-21,26-28H2,1-9H3;/q;+1. The molecule has 0 aliphatic heterocycles. The van der Waals surface area contributed by atoms with Gasteiger partial charge < -0.3 is 14.2 Å². The topological polar surface area (TPSA) is 44.8 Å². The number of aryl methyl sites for hydroxylation is 3. The van der Waals surface area contributed by atoms with E-state index in [1.54, 1.807) is 0 Å². The van der Waals surface area contributed by atoms with Crippen LogP contribution in [0.2, 0.25) is 0 Å². The van der Waals surface area contributed by atoms with E-state index in [0.717, 1.165) is 71.3 Å². The Bertz CT molecular complexity index is 1090. The SMILES string of the molecule is CCCCC(CC)COc1cc(OCC(CC)CCCC)c(PC(=O)c2c(C)cc(C)cc2C)c(OCC(CC)CCCC)c1.[Li+]. The molecule has 46 heavy (non-hydrogen) atoms. The fourth-order valence-electron chi connectivity index (χ4n) is 6.04. The first-order chi connectivity index (χ1) is 21.7. The number of benzene rings is 2. The van der Waals surface area contributed by atoms with Gasteiger partial charge in [-0.25, -0.2) is 0 Å². The summed E-state index contributed by atoms with van der Waals surface area (Å²) in [5.41, 5.74) is 4.20. The van der Waals surface area contributed by atoms with E-state index in [1.165, 1.54) is 50.5 Å². The molecule has 0 N–H and O–H groups in total. The van der Waals surface area contributed by atoms with Crippen molar-refractivity contribution in [3.63, 3.8) is 0 Å². The van der Waals surface area contributed by atoms with Crippen LogP contribution in [0.25, 0.3) is 0 Å². The summed E-state index contributed by atoms with van der Waals surface area (Å²) in [6.07, 6.45) is 13.9. The van der Waals surface area contributed by atoms with Gasteiger partial charge in [-0.2, -0.15) is 0 Å². The quantitative estimate of drug-likeness (QED) is 0.0846. The molecule has 2 aromatic carbocycles. The molecule has 0 aliphatic rings. The Morgan fingerprint density at radius 2 is 1.02 bits per heavy atom. The van der Waals surface area contributed by atoms with Crippen LogP contribution in [0, 0.1) is 38.5 Å². The maximum atomic E-state index is 14.1. The van der Waals surface area contributed by atoms with E-state index < -0.39 is 0 Å². The second-order valence-corrected chi connectivity index (χ2v) is 14.4. The van der Waals surface area contributed by atoms with Crippen LogP contribution in [0.5, 0.6) is 17.2 Å². The summed E-state index contributed by atoms with van der Waals surface area (Å²) in [5, 5.41) is 0.875. The minimum absolute atomic E-state index is 0. The number of carbonyl (C=O) groups excluding carboxylic acids is 1. The zero-order valence-electron chi connectivity index (χ0n) is 31.3. The monoisotopic (exact) mass is 647 g/mol. The summed E-state index contributed by atoms with van der Waals surface area (Å²) in [6.45, 7) is 21.6. The third-order valence-electron chi connectivity index (χ3n) is 9.25. The fourth-order valence-corrected chi connectivity index (χ4v) is 7.32. The van der Waals surface area contributed by atoms with Crippen molar-refractivity contribution in [3.05, 3.63) is 46.5 Å². The number of rotatable bonds is 24. The van der Waals surface area contributed by atoms with Crippen molar-refractivity contribution in [1.82, 2.24) is 0 Å². The summed E-state index contributed by atoms with van der Waals surface area (Å²) < 4.78 is 19.8. The van der Waals surface area contributed by atoms with Crippen LogP contribution in [0.4, 0.5) is 0 Å². The zero-order valence-corrected chi connectivity index (χ0v) is 32.3. The van der Waals surface area contributed by atoms with E-state index in [2.05, 4.69) is 60.6 Å². The van der Waals surface area contributed by atoms with E-state index in [0.29, 0.717) is 37.6 Å². The third-order valence-corrected chi connectivity index (χ3v) is 10.5. The summed E-state index contributed by atoms with van der Waals surface area (Å²) >= 11 is 0. The van der Waals surface area contributed by atoms with Crippen LogP contribution in [0.1, 0.15) is 146 Å². The molecule has 0 bridgehead atoms. The molecular formula is C40H65LiO4P+. The molecule has 0 aromatic heterocycles. The van der Waals surface area contributed by atoms with Gasteiger partial charge in [-0.3, -0.25) is 4.79 Å². The Balaban J connectivity index is 0.0000106. The first-order valence-corrected chi connectivity index (χ1v) is 19.2. The molecule has 2 aromatic rings. The molecule has 4 nitrogen and oxygen atoms in total. The summed E-state index contributed by atoms with van der Waals surface area (Å²) in [6, 6.07) is 8.28. The molecular weight excluding hydrogens is 582 g/mol. The van der Waals surface area contributed by atoms with Crippen molar-refractivity contribution in [1.29, 1.82) is 0 Å². The van der Waals surface area contributed by atoms with Crippen molar-refractivity contribution in [3.8, 4) is 17.2 Å². The van der Waals surface area contributed by atoms with Gasteiger partial charge in [0.25, 0.3) is 0 Å². The van der Waals surface area contributed by atoms with Crippen molar-refractivity contribution in [2.75, 3.05) is 19.8 Å². The molecule has 0 spiro atoms. The number of ether oxygens (including phenoxy) is 3. The average molecular weight is 648 g/mol. The second kappa shape index (κ2) is 23.8. The molecule has 0 aliphatic carbocycles. The van der Waals surface area contributed by atoms with Crippen molar-refractivity contribution in [2.24, 2.45) is 17.8 Å². The van der Waals surface area contributed by atoms with E-state index in [4.69, 9.17) is 14.2 Å². The molecule has 0 saturated carbocycles. The van der Waals surface area contributed by atoms with Crippen LogP contribution in [-0.4, -0.2) is 25.3 Å². The maximum absolute atomic E-state index is 14.1. The Morgan fingerprint density at radius 1 is 0.630 bits per heavy atom. The molecule has 0 amide bonds. The average Bonchev–Trinajstić information content (AvgIpc) is 3.01. The number of unbranched alkanes of at least 4 members (excludes halogenated alkanes) is 3. The maximum Gasteiger partial charge on any atom is 1.00 e. The predicted molar refractivity (Wildman–Crippen MR) is 196 cm³/mol. The first-order valence-electron chi connectivity index (χ1n) is 18.2. The largest absolute Gasteiger partial charge is 1.00 e. The van der Waals surface area contributed by atoms with Crippen molar-refractivity contribution < 1.29 is 37.9 Å². The van der Waals surface area contributed by atoms with E-state index in [-0.39, 0.29) is 33.0 Å². The fraction of sp³-hybridized carbons (Fsp3) is 0.675. The predicted octanol–water partition coefficient (Wildman–Crippen LogP) is 8.55. The van der Waals surface area contributed by atoms with Gasteiger partial charge in [-0.05, 0) is 77.5 Å². The Kier molecular flexibility index (Phi) is 22.0. The molecule has 254 valence electrons. The molecule has 0 radical (unpaired) electrons. The first kappa shape index (κ1) is 42.6. The summed E-state index contributed by atoms with van der Waals surface area (Å²) in [5.74, 6) is 3.74. The Labute approximate surface area is 296 Å². The molecule has 6 heteroatoms. The molecule has 4 atom stereocenters. The number of hydrogen-bond acceptors (Lipinski definition) is 4.